The molecule has 5 nitrogen and oxygen atoms in total. The number of rotatable bonds is 6. The lowest BCUT2D eigenvalue weighted by molar-refractivity contribution is -0.130. The highest BCUT2D eigenvalue weighted by atomic mass is 16.2. The van der Waals surface area contributed by atoms with E-state index in [4.69, 9.17) is 0 Å². The van der Waals surface area contributed by atoms with E-state index in [0.717, 1.165) is 37.4 Å². The molecule has 1 aromatic heterocycles. The number of aromatic nitrogens is 1. The number of likely N-dealkylation sites (N-methyl/N-ethyl adjacent to an activating group) is 1. The molecule has 2 heterocycles. The molecule has 0 N–H and O–H groups in total. The van der Waals surface area contributed by atoms with Crippen LogP contribution in [0, 0.1) is 5.92 Å². The molecular weight excluding hydrogens is 362 g/mol. The summed E-state index contributed by atoms with van der Waals surface area (Å²) in [7, 11) is 3.59. The highest BCUT2D eigenvalue weighted by molar-refractivity contribution is 5.87. The van der Waals surface area contributed by atoms with Gasteiger partial charge in [-0.25, -0.2) is 0 Å². The lowest BCUT2D eigenvalue weighted by Crippen LogP contribution is -2.28. The maximum Gasteiger partial charge on any atom is 0.241 e. The molecule has 156 valence electrons. The van der Waals surface area contributed by atoms with Crippen molar-refractivity contribution in [2.45, 2.75) is 57.4 Å². The van der Waals surface area contributed by atoms with Crippen molar-refractivity contribution in [3.05, 3.63) is 36.0 Å². The van der Waals surface area contributed by atoms with Gasteiger partial charge in [-0.3, -0.25) is 9.59 Å². The molecule has 2 fully saturated rings. The molecule has 1 unspecified atom stereocenters. The van der Waals surface area contributed by atoms with E-state index >= 15 is 0 Å². The summed E-state index contributed by atoms with van der Waals surface area (Å²) in [6, 6.07) is 8.31. The molecule has 1 aliphatic carbocycles. The second-order valence-corrected chi connectivity index (χ2v) is 9.03. The van der Waals surface area contributed by atoms with E-state index in [9.17, 15) is 9.59 Å². The first-order valence-electron chi connectivity index (χ1n) is 11.1. The van der Waals surface area contributed by atoms with Crippen molar-refractivity contribution in [3.63, 3.8) is 0 Å². The first-order chi connectivity index (χ1) is 14.0. The van der Waals surface area contributed by atoms with Crippen LogP contribution >= 0.6 is 0 Å². The number of benzene rings is 1. The number of hydrogen-bond donors (Lipinski definition) is 0. The van der Waals surface area contributed by atoms with Gasteiger partial charge in [0.2, 0.25) is 11.8 Å². The zero-order valence-electron chi connectivity index (χ0n) is 17.8. The monoisotopic (exact) mass is 395 g/mol. The summed E-state index contributed by atoms with van der Waals surface area (Å²) in [4.78, 5) is 28.7. The summed E-state index contributed by atoms with van der Waals surface area (Å²) in [6.07, 6.45) is 10.2. The van der Waals surface area contributed by atoms with Gasteiger partial charge in [0.15, 0.2) is 0 Å². The van der Waals surface area contributed by atoms with Gasteiger partial charge in [0.1, 0.15) is 6.54 Å². The molecule has 1 atom stereocenters. The minimum absolute atomic E-state index is 0.0902. The molecule has 0 radical (unpaired) electrons. The highest BCUT2D eigenvalue weighted by Crippen LogP contribution is 2.35. The third-order valence-corrected chi connectivity index (χ3v) is 6.85. The summed E-state index contributed by atoms with van der Waals surface area (Å²) in [6.45, 7) is 2.01. The molecular formula is C24H33N3O2. The van der Waals surface area contributed by atoms with E-state index in [-0.39, 0.29) is 5.91 Å². The Balaban J connectivity index is 1.46. The van der Waals surface area contributed by atoms with Gasteiger partial charge in [-0.05, 0) is 30.4 Å². The van der Waals surface area contributed by atoms with Crippen molar-refractivity contribution < 1.29 is 9.59 Å². The van der Waals surface area contributed by atoms with Gasteiger partial charge in [-0.1, -0.05) is 43.9 Å². The van der Waals surface area contributed by atoms with E-state index in [1.54, 1.807) is 19.0 Å². The van der Waals surface area contributed by atoms with E-state index in [1.165, 1.54) is 36.6 Å². The molecule has 2 amide bonds. The normalized spacial score (nSPS) is 19.9. The molecule has 4 rings (SSSR count). The van der Waals surface area contributed by atoms with Crippen LogP contribution in [0.1, 0.15) is 56.4 Å². The van der Waals surface area contributed by atoms with E-state index in [1.807, 2.05) is 6.07 Å². The smallest absolute Gasteiger partial charge is 0.241 e. The molecule has 5 heteroatoms. The Morgan fingerprint density at radius 3 is 2.62 bits per heavy atom. The third kappa shape index (κ3) is 4.34. The number of amides is 2. The van der Waals surface area contributed by atoms with Gasteiger partial charge in [0.05, 0.1) is 0 Å². The Hall–Kier alpha value is -2.30. The maximum absolute atomic E-state index is 12.7. The van der Waals surface area contributed by atoms with Crippen LogP contribution in [0.4, 0.5) is 0 Å². The minimum atomic E-state index is 0.0902. The van der Waals surface area contributed by atoms with Crippen molar-refractivity contribution in [2.24, 2.45) is 5.92 Å². The fraction of sp³-hybridized carbons (Fsp3) is 0.583. The fourth-order valence-electron chi connectivity index (χ4n) is 5.04. The van der Waals surface area contributed by atoms with Gasteiger partial charge >= 0.3 is 0 Å². The van der Waals surface area contributed by atoms with Crippen LogP contribution in [0.2, 0.25) is 0 Å². The van der Waals surface area contributed by atoms with Crippen LogP contribution in [0.15, 0.2) is 30.5 Å². The largest absolute Gasteiger partial charge is 0.347 e. The standard InChI is InChI=1S/C24H33N3O2/c1-25(2)24(29)17-27-16-21(20-9-5-6-10-22(20)27)19-13-14-26(15-19)23(28)12-11-18-7-3-4-8-18/h5-6,9-10,16,18-19H,3-4,7-8,11-15,17H2,1-2H3. The highest BCUT2D eigenvalue weighted by Gasteiger charge is 2.30. The molecule has 2 aliphatic rings. The predicted molar refractivity (Wildman–Crippen MR) is 116 cm³/mol. The van der Waals surface area contributed by atoms with Crippen LogP contribution in [0.5, 0.6) is 0 Å². The second kappa shape index (κ2) is 8.60. The number of hydrogen-bond acceptors (Lipinski definition) is 2. The predicted octanol–water partition coefficient (Wildman–Crippen LogP) is 4.02. The summed E-state index contributed by atoms with van der Waals surface area (Å²) in [5.41, 5.74) is 2.38. The van der Waals surface area contributed by atoms with Crippen LogP contribution in [0.3, 0.4) is 0 Å². The number of fused-ring (bicyclic) bond motifs is 1. The Morgan fingerprint density at radius 1 is 1.10 bits per heavy atom. The SMILES string of the molecule is CN(C)C(=O)Cn1cc(C2CCN(C(=O)CCC3CCCC3)C2)c2ccccc21. The lowest BCUT2D eigenvalue weighted by Gasteiger charge is -2.18. The van der Waals surface area contributed by atoms with Crippen molar-refractivity contribution in [3.8, 4) is 0 Å². The molecule has 2 aromatic rings. The second-order valence-electron chi connectivity index (χ2n) is 9.03. The Bertz CT molecular complexity index is 879. The van der Waals surface area contributed by atoms with Gasteiger partial charge in [-0.2, -0.15) is 0 Å². The Labute approximate surface area is 173 Å². The number of para-hydroxylation sites is 1. The minimum Gasteiger partial charge on any atom is -0.347 e. The van der Waals surface area contributed by atoms with Crippen LogP contribution in [0.25, 0.3) is 10.9 Å². The van der Waals surface area contributed by atoms with Crippen molar-refractivity contribution >= 4 is 22.7 Å². The first-order valence-corrected chi connectivity index (χ1v) is 11.1. The summed E-state index contributed by atoms with van der Waals surface area (Å²) in [5.74, 6) is 1.54. The zero-order chi connectivity index (χ0) is 20.4. The number of nitrogens with zero attached hydrogens (tertiary/aromatic N) is 3. The van der Waals surface area contributed by atoms with E-state index in [0.29, 0.717) is 24.8 Å². The Morgan fingerprint density at radius 2 is 1.86 bits per heavy atom. The molecule has 1 aliphatic heterocycles. The average molecular weight is 396 g/mol. The molecule has 1 saturated heterocycles. The quantitative estimate of drug-likeness (QED) is 0.742. The van der Waals surface area contributed by atoms with Gasteiger partial charge in [0, 0.05) is 56.6 Å². The number of carbonyl (C=O) groups excluding carboxylic acids is 2. The average Bonchev–Trinajstić information content (AvgIpc) is 3.46. The van der Waals surface area contributed by atoms with Crippen molar-refractivity contribution in [1.82, 2.24) is 14.4 Å². The van der Waals surface area contributed by atoms with E-state index < -0.39 is 0 Å². The van der Waals surface area contributed by atoms with Crippen molar-refractivity contribution in [2.75, 3.05) is 27.2 Å². The topological polar surface area (TPSA) is 45.6 Å². The van der Waals surface area contributed by atoms with Crippen LogP contribution < -0.4 is 0 Å². The molecule has 1 aromatic carbocycles. The summed E-state index contributed by atoms with van der Waals surface area (Å²) in [5, 5.41) is 1.21. The summed E-state index contributed by atoms with van der Waals surface area (Å²) >= 11 is 0. The maximum atomic E-state index is 12.7. The van der Waals surface area contributed by atoms with Gasteiger partial charge < -0.3 is 14.4 Å². The molecule has 0 bridgehead atoms. The van der Waals surface area contributed by atoms with Gasteiger partial charge in [-0.15, -0.1) is 0 Å². The third-order valence-electron chi connectivity index (χ3n) is 6.85. The van der Waals surface area contributed by atoms with Crippen molar-refractivity contribution in [1.29, 1.82) is 0 Å². The van der Waals surface area contributed by atoms with Gasteiger partial charge in [0.25, 0.3) is 0 Å². The lowest BCUT2D eigenvalue weighted by atomic mass is 9.98. The van der Waals surface area contributed by atoms with Crippen LogP contribution in [-0.4, -0.2) is 53.4 Å². The van der Waals surface area contributed by atoms with E-state index in [2.05, 4.69) is 33.9 Å². The molecule has 1 saturated carbocycles. The summed E-state index contributed by atoms with van der Waals surface area (Å²) < 4.78 is 2.07. The number of carbonyl (C=O) groups is 2. The molecule has 0 spiro atoms. The first kappa shape index (κ1) is 20.0. The zero-order valence-corrected chi connectivity index (χ0v) is 17.8. The van der Waals surface area contributed by atoms with Crippen LogP contribution in [-0.2, 0) is 16.1 Å². The Kier molecular flexibility index (Phi) is 5.93. The molecule has 29 heavy (non-hydrogen) atoms. The fourth-order valence-corrected chi connectivity index (χ4v) is 5.04. The number of likely N-dealkylation sites (tertiary alicyclic amines) is 1.